The molecule has 2 N–H and O–H groups in total. The molecule has 15 heavy (non-hydrogen) atoms. The van der Waals surface area contributed by atoms with Crippen LogP contribution in [0.25, 0.3) is 11.2 Å². The molecule has 1 atom stereocenters. The lowest BCUT2D eigenvalue weighted by atomic mass is 10.2. The Bertz CT molecular complexity index is 537. The van der Waals surface area contributed by atoms with Gasteiger partial charge in [0, 0.05) is 6.54 Å². The first-order valence-corrected chi connectivity index (χ1v) is 4.97. The predicted molar refractivity (Wildman–Crippen MR) is 54.7 cm³/mol. The topological polar surface area (TPSA) is 75.6 Å². The lowest BCUT2D eigenvalue weighted by Gasteiger charge is -2.08. The molecule has 1 aliphatic heterocycles. The first kappa shape index (κ1) is 8.60. The van der Waals surface area contributed by atoms with Crippen LogP contribution in [0.1, 0.15) is 12.5 Å². The van der Waals surface area contributed by atoms with Gasteiger partial charge in [-0.3, -0.25) is 4.57 Å². The molecule has 1 fully saturated rings. The quantitative estimate of drug-likeness (QED) is 0.667. The van der Waals surface area contributed by atoms with Gasteiger partial charge in [-0.05, 0) is 13.0 Å². The fourth-order valence-electron chi connectivity index (χ4n) is 2.07. The molecule has 2 aromatic heterocycles. The van der Waals surface area contributed by atoms with Crippen molar-refractivity contribution in [2.45, 2.75) is 12.5 Å². The number of rotatable bonds is 1. The first-order chi connectivity index (χ1) is 7.36. The van der Waals surface area contributed by atoms with Gasteiger partial charge in [0.1, 0.15) is 11.8 Å². The van der Waals surface area contributed by atoms with Crippen molar-refractivity contribution >= 4 is 11.2 Å². The lowest BCUT2D eigenvalue weighted by molar-refractivity contribution is 0.542. The molecule has 3 rings (SSSR count). The maximum Gasteiger partial charge on any atom is 0.328 e. The Morgan fingerprint density at radius 1 is 1.53 bits per heavy atom. The summed E-state index contributed by atoms with van der Waals surface area (Å²) < 4.78 is 1.72. The summed E-state index contributed by atoms with van der Waals surface area (Å²) >= 11 is 0. The van der Waals surface area contributed by atoms with Crippen molar-refractivity contribution in [3.63, 3.8) is 0 Å². The van der Waals surface area contributed by atoms with E-state index in [2.05, 4.69) is 20.3 Å². The van der Waals surface area contributed by atoms with E-state index < -0.39 is 0 Å². The number of aromatic amines is 1. The second-order valence-corrected chi connectivity index (χ2v) is 3.71. The minimum Gasteiger partial charge on any atom is -0.315 e. The zero-order chi connectivity index (χ0) is 10.3. The zero-order valence-corrected chi connectivity index (χ0v) is 8.10. The number of hydrogen-bond acceptors (Lipinski definition) is 4. The van der Waals surface area contributed by atoms with E-state index in [0.717, 1.165) is 19.5 Å². The van der Waals surface area contributed by atoms with Crippen LogP contribution in [-0.2, 0) is 0 Å². The highest BCUT2D eigenvalue weighted by atomic mass is 16.1. The van der Waals surface area contributed by atoms with Gasteiger partial charge in [0.05, 0.1) is 12.2 Å². The number of nitrogens with zero attached hydrogens (tertiary/aromatic N) is 3. The summed E-state index contributed by atoms with van der Waals surface area (Å²) in [6.07, 6.45) is 4.06. The number of aromatic nitrogens is 4. The molecule has 3 heterocycles. The average Bonchev–Trinajstić information content (AvgIpc) is 2.82. The van der Waals surface area contributed by atoms with E-state index in [1.54, 1.807) is 10.8 Å². The molecule has 78 valence electrons. The van der Waals surface area contributed by atoms with Crippen LogP contribution >= 0.6 is 0 Å². The second kappa shape index (κ2) is 3.16. The molecule has 6 nitrogen and oxygen atoms in total. The Hall–Kier alpha value is -1.69. The van der Waals surface area contributed by atoms with E-state index in [-0.39, 0.29) is 11.7 Å². The van der Waals surface area contributed by atoms with E-state index in [4.69, 9.17) is 0 Å². The van der Waals surface area contributed by atoms with E-state index in [1.165, 1.54) is 6.33 Å². The summed E-state index contributed by atoms with van der Waals surface area (Å²) in [4.78, 5) is 22.5. The molecule has 1 saturated heterocycles. The fraction of sp³-hybridized carbons (Fsp3) is 0.444. The van der Waals surface area contributed by atoms with Crippen LogP contribution in [0.15, 0.2) is 17.3 Å². The smallest absolute Gasteiger partial charge is 0.315 e. The summed E-state index contributed by atoms with van der Waals surface area (Å²) in [6.45, 7) is 1.78. The predicted octanol–water partition coefficient (Wildman–Crippen LogP) is -0.346. The molecular weight excluding hydrogens is 194 g/mol. The monoisotopic (exact) mass is 205 g/mol. The molecule has 0 spiro atoms. The molecule has 0 unspecified atom stereocenters. The van der Waals surface area contributed by atoms with Crippen molar-refractivity contribution in [3.05, 3.63) is 23.0 Å². The van der Waals surface area contributed by atoms with E-state index in [9.17, 15) is 4.79 Å². The molecular formula is C9H11N5O. The van der Waals surface area contributed by atoms with Gasteiger partial charge >= 0.3 is 5.69 Å². The molecule has 1 aliphatic rings. The third-order valence-electron chi connectivity index (χ3n) is 2.78. The molecule has 2 aromatic rings. The number of nitrogens with one attached hydrogen (secondary N) is 2. The summed E-state index contributed by atoms with van der Waals surface area (Å²) in [6, 6.07) is 0.209. The average molecular weight is 205 g/mol. The summed E-state index contributed by atoms with van der Waals surface area (Å²) in [7, 11) is 0. The van der Waals surface area contributed by atoms with Crippen LogP contribution in [0.4, 0.5) is 0 Å². The second-order valence-electron chi connectivity index (χ2n) is 3.71. The third-order valence-corrected chi connectivity index (χ3v) is 2.78. The molecule has 0 aliphatic carbocycles. The lowest BCUT2D eigenvalue weighted by Crippen LogP contribution is -2.24. The van der Waals surface area contributed by atoms with Crippen molar-refractivity contribution in [1.82, 2.24) is 24.8 Å². The van der Waals surface area contributed by atoms with Gasteiger partial charge in [0.2, 0.25) is 0 Å². The van der Waals surface area contributed by atoms with Gasteiger partial charge in [-0.2, -0.15) is 0 Å². The minimum absolute atomic E-state index is 0.0980. The maximum absolute atomic E-state index is 11.7. The number of imidazole rings is 1. The molecule has 6 heteroatoms. The van der Waals surface area contributed by atoms with Crippen LogP contribution < -0.4 is 11.0 Å². The van der Waals surface area contributed by atoms with E-state index >= 15 is 0 Å². The van der Waals surface area contributed by atoms with Gasteiger partial charge in [-0.1, -0.05) is 0 Å². The van der Waals surface area contributed by atoms with Crippen molar-refractivity contribution in [3.8, 4) is 0 Å². The third kappa shape index (κ3) is 1.25. The first-order valence-electron chi connectivity index (χ1n) is 4.97. The Morgan fingerprint density at radius 3 is 3.27 bits per heavy atom. The summed E-state index contributed by atoms with van der Waals surface area (Å²) in [5.74, 6) is 0. The Kier molecular flexibility index (Phi) is 1.81. The normalized spacial score (nSPS) is 21.2. The Morgan fingerprint density at radius 2 is 2.47 bits per heavy atom. The SMILES string of the molecule is O=c1[nH]c2cncnc2n1[C@H]1CCNC1. The standard InChI is InChI=1S/C9H11N5O/c15-9-13-7-4-11-5-12-8(7)14(9)6-1-2-10-3-6/h4-6,10H,1-3H2,(H,13,15)/t6-/m0/s1. The summed E-state index contributed by atoms with van der Waals surface area (Å²) in [5, 5.41) is 3.24. The van der Waals surface area contributed by atoms with Gasteiger partial charge in [-0.15, -0.1) is 0 Å². The molecule has 0 aromatic carbocycles. The van der Waals surface area contributed by atoms with Crippen LogP contribution in [0, 0.1) is 0 Å². The van der Waals surface area contributed by atoms with E-state index in [1.807, 2.05) is 0 Å². The van der Waals surface area contributed by atoms with Gasteiger partial charge in [0.15, 0.2) is 5.65 Å². The molecule has 0 bridgehead atoms. The molecule has 0 amide bonds. The highest BCUT2D eigenvalue weighted by Gasteiger charge is 2.21. The van der Waals surface area contributed by atoms with Crippen molar-refractivity contribution in [1.29, 1.82) is 0 Å². The maximum atomic E-state index is 11.7. The number of fused-ring (bicyclic) bond motifs is 1. The highest BCUT2D eigenvalue weighted by Crippen LogP contribution is 2.16. The van der Waals surface area contributed by atoms with Gasteiger partial charge < -0.3 is 10.3 Å². The van der Waals surface area contributed by atoms with Crippen LogP contribution in [0.2, 0.25) is 0 Å². The fourth-order valence-corrected chi connectivity index (χ4v) is 2.07. The van der Waals surface area contributed by atoms with Crippen LogP contribution in [0.3, 0.4) is 0 Å². The van der Waals surface area contributed by atoms with Crippen molar-refractivity contribution < 1.29 is 0 Å². The largest absolute Gasteiger partial charge is 0.328 e. The summed E-state index contributed by atoms with van der Waals surface area (Å²) in [5.41, 5.74) is 1.30. The molecule has 0 saturated carbocycles. The number of H-pyrrole nitrogens is 1. The zero-order valence-electron chi connectivity index (χ0n) is 8.10. The Balaban J connectivity index is 2.23. The Labute approximate surface area is 85.4 Å². The minimum atomic E-state index is -0.0980. The van der Waals surface area contributed by atoms with Crippen molar-refractivity contribution in [2.75, 3.05) is 13.1 Å². The highest BCUT2D eigenvalue weighted by molar-refractivity contribution is 5.69. The number of hydrogen-bond donors (Lipinski definition) is 2. The van der Waals surface area contributed by atoms with Crippen LogP contribution in [-0.4, -0.2) is 32.6 Å². The van der Waals surface area contributed by atoms with Crippen LogP contribution in [0.5, 0.6) is 0 Å². The van der Waals surface area contributed by atoms with Gasteiger partial charge in [-0.25, -0.2) is 14.8 Å². The van der Waals surface area contributed by atoms with E-state index in [0.29, 0.717) is 11.2 Å². The van der Waals surface area contributed by atoms with Gasteiger partial charge in [0.25, 0.3) is 0 Å². The molecule has 0 radical (unpaired) electrons. The van der Waals surface area contributed by atoms with Crippen molar-refractivity contribution in [2.24, 2.45) is 0 Å².